The predicted octanol–water partition coefficient (Wildman–Crippen LogP) is 3.45. The molecule has 0 spiro atoms. The monoisotopic (exact) mass is 409 g/mol. The molecule has 3 N–H and O–H groups in total. The predicted molar refractivity (Wildman–Crippen MR) is 109 cm³/mol. The van der Waals surface area contributed by atoms with E-state index in [1.165, 1.54) is 18.3 Å². The number of carboxylic acids is 1. The highest BCUT2D eigenvalue weighted by Crippen LogP contribution is 2.29. The Morgan fingerprint density at radius 2 is 1.57 bits per heavy atom. The van der Waals surface area contributed by atoms with Gasteiger partial charge in [0.15, 0.2) is 6.20 Å². The fourth-order valence-corrected chi connectivity index (χ4v) is 2.93. The van der Waals surface area contributed by atoms with E-state index < -0.39 is 17.9 Å². The van der Waals surface area contributed by atoms with Gasteiger partial charge in [-0.1, -0.05) is 0 Å². The molecule has 3 rings (SSSR count). The van der Waals surface area contributed by atoms with Crippen LogP contribution in [0.3, 0.4) is 0 Å². The number of pyridine rings is 1. The minimum absolute atomic E-state index is 0.141. The van der Waals surface area contributed by atoms with E-state index in [1.807, 2.05) is 0 Å². The van der Waals surface area contributed by atoms with Crippen LogP contribution in [-0.4, -0.2) is 36.2 Å². The molecule has 0 aliphatic carbocycles. The molecule has 0 radical (unpaired) electrons. The SMILES string of the molecule is CCOC(=O)c1ccc2[nH+]cc(C(=O)OCC)c(Nc3ccc(C(=O)O)cc3)c2c1. The van der Waals surface area contributed by atoms with Gasteiger partial charge in [0, 0.05) is 11.8 Å². The summed E-state index contributed by atoms with van der Waals surface area (Å²) in [5.74, 6) is -2.05. The van der Waals surface area contributed by atoms with Crippen molar-refractivity contribution >= 4 is 40.2 Å². The Kier molecular flexibility index (Phi) is 6.26. The van der Waals surface area contributed by atoms with Crippen molar-refractivity contribution in [3.63, 3.8) is 0 Å². The molecule has 1 heterocycles. The summed E-state index contributed by atoms with van der Waals surface area (Å²) in [6, 6.07) is 11.1. The zero-order chi connectivity index (χ0) is 21.7. The van der Waals surface area contributed by atoms with E-state index in [9.17, 15) is 14.4 Å². The lowest BCUT2D eigenvalue weighted by molar-refractivity contribution is -0.344. The Labute approximate surface area is 172 Å². The summed E-state index contributed by atoms with van der Waals surface area (Å²) < 4.78 is 10.2. The third kappa shape index (κ3) is 4.38. The second-order valence-corrected chi connectivity index (χ2v) is 6.29. The number of hydrogen-bond donors (Lipinski definition) is 2. The number of esters is 2. The van der Waals surface area contributed by atoms with Crippen molar-refractivity contribution in [2.24, 2.45) is 0 Å². The number of aromatic amines is 1. The highest BCUT2D eigenvalue weighted by atomic mass is 16.5. The van der Waals surface area contributed by atoms with Gasteiger partial charge in [-0.3, -0.25) is 0 Å². The topological polar surface area (TPSA) is 116 Å². The van der Waals surface area contributed by atoms with Crippen LogP contribution in [0.4, 0.5) is 11.4 Å². The molecule has 0 unspecified atom stereocenters. The largest absolute Gasteiger partial charge is 0.478 e. The zero-order valence-corrected chi connectivity index (χ0v) is 16.5. The lowest BCUT2D eigenvalue weighted by Crippen LogP contribution is -2.15. The maximum Gasteiger partial charge on any atom is 0.346 e. The molecule has 154 valence electrons. The number of anilines is 2. The van der Waals surface area contributed by atoms with Crippen LogP contribution in [0, 0.1) is 0 Å². The van der Waals surface area contributed by atoms with Crippen LogP contribution in [0.1, 0.15) is 44.9 Å². The van der Waals surface area contributed by atoms with E-state index in [2.05, 4.69) is 10.3 Å². The van der Waals surface area contributed by atoms with E-state index in [0.29, 0.717) is 27.8 Å². The number of aromatic carboxylic acids is 1. The standard InChI is InChI=1S/C22H20N2O6/c1-3-29-21(27)14-7-10-18-16(11-14)19(17(12-23-18)22(28)30-4-2)24-15-8-5-13(6-9-15)20(25)26/h5-12H,3-4H2,1-2H3,(H,23,24)(H,25,26)/p+1. The average Bonchev–Trinajstić information content (AvgIpc) is 2.74. The molecular formula is C22H21N2O6+. The van der Waals surface area contributed by atoms with Crippen molar-refractivity contribution in [3.05, 3.63) is 65.4 Å². The number of carbonyl (C=O) groups excluding carboxylic acids is 2. The first kappa shape index (κ1) is 20.8. The Hall–Kier alpha value is -3.94. The summed E-state index contributed by atoms with van der Waals surface area (Å²) in [6.45, 7) is 3.87. The summed E-state index contributed by atoms with van der Waals surface area (Å²) in [5.41, 5.74) is 2.40. The zero-order valence-electron chi connectivity index (χ0n) is 16.5. The van der Waals surface area contributed by atoms with Gasteiger partial charge < -0.3 is 19.9 Å². The number of rotatable bonds is 7. The maximum absolute atomic E-state index is 12.5. The Morgan fingerprint density at radius 3 is 2.20 bits per heavy atom. The van der Waals surface area contributed by atoms with Crippen LogP contribution in [0.2, 0.25) is 0 Å². The number of ether oxygens (including phenoxy) is 2. The van der Waals surface area contributed by atoms with E-state index in [0.717, 1.165) is 0 Å². The molecule has 0 aliphatic heterocycles. The second-order valence-electron chi connectivity index (χ2n) is 6.29. The minimum atomic E-state index is -1.03. The van der Waals surface area contributed by atoms with Crippen LogP contribution in [0.25, 0.3) is 10.9 Å². The second kappa shape index (κ2) is 9.04. The van der Waals surface area contributed by atoms with Gasteiger partial charge in [-0.15, -0.1) is 0 Å². The van der Waals surface area contributed by atoms with Crippen LogP contribution in [0.15, 0.2) is 48.7 Å². The van der Waals surface area contributed by atoms with Crippen LogP contribution < -0.4 is 10.3 Å². The van der Waals surface area contributed by atoms with E-state index in [-0.39, 0.29) is 24.3 Å². The lowest BCUT2D eigenvalue weighted by atomic mass is 10.1. The average molecular weight is 409 g/mol. The summed E-state index contributed by atoms with van der Waals surface area (Å²) >= 11 is 0. The molecule has 0 saturated heterocycles. The Morgan fingerprint density at radius 1 is 0.933 bits per heavy atom. The molecule has 8 heteroatoms. The van der Waals surface area contributed by atoms with Crippen molar-refractivity contribution in [3.8, 4) is 0 Å². The summed E-state index contributed by atoms with van der Waals surface area (Å²) in [4.78, 5) is 38.8. The molecule has 0 aliphatic rings. The molecule has 0 bridgehead atoms. The van der Waals surface area contributed by atoms with E-state index >= 15 is 0 Å². The number of fused-ring (bicyclic) bond motifs is 1. The van der Waals surface area contributed by atoms with E-state index in [4.69, 9.17) is 14.6 Å². The molecular weight excluding hydrogens is 388 g/mol. The van der Waals surface area contributed by atoms with Crippen molar-refractivity contribution < 1.29 is 33.9 Å². The third-order valence-electron chi connectivity index (χ3n) is 4.34. The normalized spacial score (nSPS) is 10.5. The fraction of sp³-hybridized carbons (Fsp3) is 0.182. The van der Waals surface area contributed by atoms with E-state index in [1.54, 1.807) is 44.2 Å². The number of benzene rings is 2. The van der Waals surface area contributed by atoms with Gasteiger partial charge in [0.2, 0.25) is 5.52 Å². The summed E-state index contributed by atoms with van der Waals surface area (Å²) in [7, 11) is 0. The minimum Gasteiger partial charge on any atom is -0.478 e. The van der Waals surface area contributed by atoms with Gasteiger partial charge in [-0.05, 0) is 50.2 Å². The molecule has 0 fully saturated rings. The molecule has 0 saturated carbocycles. The van der Waals surface area contributed by atoms with Crippen molar-refractivity contribution in [2.45, 2.75) is 13.8 Å². The van der Waals surface area contributed by atoms with Gasteiger partial charge in [0.05, 0.1) is 35.4 Å². The first-order valence-corrected chi connectivity index (χ1v) is 9.37. The highest BCUT2D eigenvalue weighted by molar-refractivity contribution is 6.06. The quantitative estimate of drug-likeness (QED) is 0.574. The molecule has 30 heavy (non-hydrogen) atoms. The number of carboxylic acid groups (broad SMARTS) is 1. The van der Waals surface area contributed by atoms with Crippen molar-refractivity contribution in [2.75, 3.05) is 18.5 Å². The lowest BCUT2D eigenvalue weighted by Gasteiger charge is -2.13. The molecule has 0 amide bonds. The molecule has 2 aromatic carbocycles. The molecule has 0 atom stereocenters. The van der Waals surface area contributed by atoms with Gasteiger partial charge >= 0.3 is 17.9 Å². The van der Waals surface area contributed by atoms with Crippen LogP contribution >= 0.6 is 0 Å². The Bertz CT molecular complexity index is 1100. The first-order valence-electron chi connectivity index (χ1n) is 9.37. The van der Waals surface area contributed by atoms with Crippen LogP contribution in [-0.2, 0) is 9.47 Å². The maximum atomic E-state index is 12.5. The van der Waals surface area contributed by atoms with Gasteiger partial charge in [-0.2, -0.15) is 0 Å². The fourth-order valence-electron chi connectivity index (χ4n) is 2.93. The number of nitrogens with one attached hydrogen (secondary N) is 2. The smallest absolute Gasteiger partial charge is 0.346 e. The number of hydrogen-bond acceptors (Lipinski definition) is 6. The van der Waals surface area contributed by atoms with Gasteiger partial charge in [0.1, 0.15) is 5.56 Å². The molecule has 8 nitrogen and oxygen atoms in total. The molecule has 1 aromatic heterocycles. The van der Waals surface area contributed by atoms with Crippen molar-refractivity contribution in [1.29, 1.82) is 0 Å². The summed E-state index contributed by atoms with van der Waals surface area (Å²) in [5, 5.41) is 12.8. The van der Waals surface area contributed by atoms with Crippen LogP contribution in [0.5, 0.6) is 0 Å². The number of H-pyrrole nitrogens is 1. The van der Waals surface area contributed by atoms with Crippen molar-refractivity contribution in [1.82, 2.24) is 0 Å². The third-order valence-corrected chi connectivity index (χ3v) is 4.34. The van der Waals surface area contributed by atoms with Gasteiger partial charge in [0.25, 0.3) is 0 Å². The number of carbonyl (C=O) groups is 3. The first-order chi connectivity index (χ1) is 14.4. The Balaban J connectivity index is 2.13. The highest BCUT2D eigenvalue weighted by Gasteiger charge is 2.22. The molecule has 3 aromatic rings. The number of aromatic nitrogens is 1. The summed E-state index contributed by atoms with van der Waals surface area (Å²) in [6.07, 6.45) is 1.53. The van der Waals surface area contributed by atoms with Gasteiger partial charge in [-0.25, -0.2) is 19.4 Å².